The van der Waals surface area contributed by atoms with E-state index in [-0.39, 0.29) is 30.6 Å². The predicted molar refractivity (Wildman–Crippen MR) is 79.2 cm³/mol. The second-order valence-electron chi connectivity index (χ2n) is 5.93. The summed E-state index contributed by atoms with van der Waals surface area (Å²) < 4.78 is 5.31. The normalized spacial score (nSPS) is 25.3. The van der Waals surface area contributed by atoms with E-state index in [4.69, 9.17) is 4.74 Å². The maximum absolute atomic E-state index is 12.0. The van der Waals surface area contributed by atoms with Crippen molar-refractivity contribution in [3.63, 3.8) is 0 Å². The van der Waals surface area contributed by atoms with E-state index in [1.807, 2.05) is 0 Å². The van der Waals surface area contributed by atoms with Crippen molar-refractivity contribution >= 4 is 5.91 Å². The van der Waals surface area contributed by atoms with Crippen LogP contribution in [0.15, 0.2) is 24.3 Å². The fraction of sp³-hybridized carbons (Fsp3) is 0.562. The average molecular weight is 293 g/mol. The molecule has 0 aliphatic heterocycles. The third-order valence-corrected chi connectivity index (χ3v) is 4.16. The van der Waals surface area contributed by atoms with Crippen LogP contribution >= 0.6 is 0 Å². The van der Waals surface area contributed by atoms with Crippen molar-refractivity contribution in [3.8, 4) is 11.5 Å². The number of phenolic OH excluding ortho intramolecular Hbond substituents is 1. The lowest BCUT2D eigenvalue weighted by atomic mass is 9.77. The van der Waals surface area contributed by atoms with E-state index in [1.165, 1.54) is 6.07 Å². The molecule has 5 heteroatoms. The van der Waals surface area contributed by atoms with Crippen molar-refractivity contribution in [1.29, 1.82) is 0 Å². The summed E-state index contributed by atoms with van der Waals surface area (Å²) in [6, 6.07) is 6.52. The summed E-state index contributed by atoms with van der Waals surface area (Å²) in [6.45, 7) is 1.96. The van der Waals surface area contributed by atoms with E-state index in [2.05, 4.69) is 12.2 Å². The zero-order valence-electron chi connectivity index (χ0n) is 12.3. The van der Waals surface area contributed by atoms with Gasteiger partial charge in [-0.15, -0.1) is 0 Å². The first-order valence-electron chi connectivity index (χ1n) is 7.37. The van der Waals surface area contributed by atoms with E-state index in [1.54, 1.807) is 18.2 Å². The summed E-state index contributed by atoms with van der Waals surface area (Å²) >= 11 is 0. The number of amides is 1. The summed E-state index contributed by atoms with van der Waals surface area (Å²) in [6.07, 6.45) is 3.57. The molecule has 2 rings (SSSR count). The molecule has 1 aromatic rings. The standard InChI is InChI=1S/C16H23NO4/c1-12-6-8-16(11-18,9-7-12)17-15(20)10-21-14-5-3-2-4-13(14)19/h2-5,12,18-19H,6-11H2,1H3,(H,17,20). The third kappa shape index (κ3) is 4.11. The number of nitrogens with one attached hydrogen (secondary N) is 1. The molecule has 1 aliphatic carbocycles. The molecular formula is C16H23NO4. The summed E-state index contributed by atoms with van der Waals surface area (Å²) in [7, 11) is 0. The molecule has 0 heterocycles. The average Bonchev–Trinajstić information content (AvgIpc) is 2.49. The van der Waals surface area contributed by atoms with Gasteiger partial charge in [-0.2, -0.15) is 0 Å². The Morgan fingerprint density at radius 1 is 1.38 bits per heavy atom. The van der Waals surface area contributed by atoms with Gasteiger partial charge in [0.05, 0.1) is 12.1 Å². The number of carbonyl (C=O) groups excluding carboxylic acids is 1. The summed E-state index contributed by atoms with van der Waals surface area (Å²) in [4.78, 5) is 12.0. The lowest BCUT2D eigenvalue weighted by Gasteiger charge is -2.38. The molecule has 0 radical (unpaired) electrons. The number of hydrogen-bond acceptors (Lipinski definition) is 4. The Morgan fingerprint density at radius 3 is 2.67 bits per heavy atom. The van der Waals surface area contributed by atoms with Gasteiger partial charge in [0.1, 0.15) is 0 Å². The van der Waals surface area contributed by atoms with Crippen molar-refractivity contribution in [1.82, 2.24) is 5.32 Å². The Kier molecular flexibility index (Phi) is 5.07. The third-order valence-electron chi connectivity index (χ3n) is 4.16. The number of hydrogen-bond donors (Lipinski definition) is 3. The van der Waals surface area contributed by atoms with Gasteiger partial charge in [0.15, 0.2) is 18.1 Å². The number of rotatable bonds is 5. The van der Waals surface area contributed by atoms with Crippen LogP contribution in [-0.4, -0.2) is 34.9 Å². The zero-order chi connectivity index (χ0) is 15.3. The van der Waals surface area contributed by atoms with Gasteiger partial charge in [0.25, 0.3) is 5.91 Å². The maximum Gasteiger partial charge on any atom is 0.258 e. The van der Waals surface area contributed by atoms with Crippen LogP contribution in [-0.2, 0) is 4.79 Å². The molecule has 0 saturated heterocycles. The SMILES string of the molecule is CC1CCC(CO)(NC(=O)COc2ccccc2O)CC1. The van der Waals surface area contributed by atoms with Gasteiger partial charge < -0.3 is 20.3 Å². The van der Waals surface area contributed by atoms with Crippen LogP contribution in [0.5, 0.6) is 11.5 Å². The Bertz CT molecular complexity index is 481. The largest absolute Gasteiger partial charge is 0.504 e. The highest BCUT2D eigenvalue weighted by molar-refractivity contribution is 5.78. The number of aliphatic hydroxyl groups excluding tert-OH is 1. The first-order chi connectivity index (χ1) is 10.0. The van der Waals surface area contributed by atoms with Crippen molar-refractivity contribution in [3.05, 3.63) is 24.3 Å². The highest BCUT2D eigenvalue weighted by atomic mass is 16.5. The van der Waals surface area contributed by atoms with Crippen LogP contribution in [0.3, 0.4) is 0 Å². The molecular weight excluding hydrogens is 270 g/mol. The van der Waals surface area contributed by atoms with Crippen molar-refractivity contribution in [2.24, 2.45) is 5.92 Å². The summed E-state index contributed by atoms with van der Waals surface area (Å²) in [5.74, 6) is 0.651. The molecule has 21 heavy (non-hydrogen) atoms. The minimum atomic E-state index is -0.522. The molecule has 1 fully saturated rings. The number of phenols is 1. The number of para-hydroxylation sites is 2. The number of benzene rings is 1. The van der Waals surface area contributed by atoms with E-state index < -0.39 is 5.54 Å². The van der Waals surface area contributed by atoms with Gasteiger partial charge in [0, 0.05) is 0 Å². The van der Waals surface area contributed by atoms with Crippen molar-refractivity contribution < 1.29 is 19.7 Å². The molecule has 0 atom stereocenters. The first kappa shape index (κ1) is 15.6. The molecule has 0 unspecified atom stereocenters. The summed E-state index contributed by atoms with van der Waals surface area (Å²) in [5.41, 5.74) is -0.522. The minimum absolute atomic E-state index is 0.00802. The molecule has 0 aromatic heterocycles. The Labute approximate surface area is 124 Å². The zero-order valence-corrected chi connectivity index (χ0v) is 12.3. The number of carbonyl (C=O) groups is 1. The molecule has 3 N–H and O–H groups in total. The quantitative estimate of drug-likeness (QED) is 0.774. The number of aromatic hydroxyl groups is 1. The smallest absolute Gasteiger partial charge is 0.258 e. The minimum Gasteiger partial charge on any atom is -0.504 e. The van der Waals surface area contributed by atoms with Gasteiger partial charge in [-0.3, -0.25) is 4.79 Å². The Balaban J connectivity index is 1.87. The van der Waals surface area contributed by atoms with Crippen LogP contribution in [0.1, 0.15) is 32.6 Å². The van der Waals surface area contributed by atoms with Crippen molar-refractivity contribution in [2.75, 3.05) is 13.2 Å². The molecule has 5 nitrogen and oxygen atoms in total. The predicted octanol–water partition coefficient (Wildman–Crippen LogP) is 1.83. The van der Waals surface area contributed by atoms with Gasteiger partial charge in [0.2, 0.25) is 0 Å². The molecule has 1 saturated carbocycles. The Hall–Kier alpha value is -1.75. The number of aliphatic hydroxyl groups is 1. The molecule has 1 amide bonds. The van der Waals surface area contributed by atoms with Crippen LogP contribution in [0, 0.1) is 5.92 Å². The van der Waals surface area contributed by atoms with Crippen LogP contribution in [0.25, 0.3) is 0 Å². The van der Waals surface area contributed by atoms with E-state index in [0.29, 0.717) is 5.92 Å². The molecule has 116 valence electrons. The van der Waals surface area contributed by atoms with Gasteiger partial charge in [-0.05, 0) is 43.7 Å². The molecule has 1 aromatic carbocycles. The van der Waals surface area contributed by atoms with E-state index >= 15 is 0 Å². The lowest BCUT2D eigenvalue weighted by molar-refractivity contribution is -0.126. The van der Waals surface area contributed by atoms with E-state index in [0.717, 1.165) is 25.7 Å². The van der Waals surface area contributed by atoms with Gasteiger partial charge >= 0.3 is 0 Å². The van der Waals surface area contributed by atoms with Crippen LogP contribution < -0.4 is 10.1 Å². The van der Waals surface area contributed by atoms with Crippen molar-refractivity contribution in [2.45, 2.75) is 38.1 Å². The molecule has 0 spiro atoms. The summed E-state index contributed by atoms with van der Waals surface area (Å²) in [5, 5.41) is 22.1. The lowest BCUT2D eigenvalue weighted by Crippen LogP contribution is -2.54. The van der Waals surface area contributed by atoms with Crippen LogP contribution in [0.2, 0.25) is 0 Å². The highest BCUT2D eigenvalue weighted by Crippen LogP contribution is 2.31. The molecule has 1 aliphatic rings. The monoisotopic (exact) mass is 293 g/mol. The van der Waals surface area contributed by atoms with Gasteiger partial charge in [-0.25, -0.2) is 0 Å². The molecule has 0 bridgehead atoms. The Morgan fingerprint density at radius 2 is 2.05 bits per heavy atom. The topological polar surface area (TPSA) is 78.8 Å². The van der Waals surface area contributed by atoms with E-state index in [9.17, 15) is 15.0 Å². The highest BCUT2D eigenvalue weighted by Gasteiger charge is 2.35. The van der Waals surface area contributed by atoms with Crippen LogP contribution in [0.4, 0.5) is 0 Å². The first-order valence-corrected chi connectivity index (χ1v) is 7.37. The second-order valence-corrected chi connectivity index (χ2v) is 5.93. The number of ether oxygens (including phenoxy) is 1. The fourth-order valence-corrected chi connectivity index (χ4v) is 2.69. The second kappa shape index (κ2) is 6.80. The maximum atomic E-state index is 12.0. The van der Waals surface area contributed by atoms with Gasteiger partial charge in [-0.1, -0.05) is 19.1 Å². The fourth-order valence-electron chi connectivity index (χ4n) is 2.69.